The summed E-state index contributed by atoms with van der Waals surface area (Å²) in [4.78, 5) is 17.4. The van der Waals surface area contributed by atoms with Crippen molar-refractivity contribution in [3.63, 3.8) is 0 Å². The molecule has 0 radical (unpaired) electrons. The lowest BCUT2D eigenvalue weighted by Crippen LogP contribution is -2.46. The minimum Gasteiger partial charge on any atom is -0.382 e. The Morgan fingerprint density at radius 1 is 0.938 bits per heavy atom. The molecule has 1 aliphatic heterocycles. The summed E-state index contributed by atoms with van der Waals surface area (Å²) < 4.78 is 14.6. The molecule has 5 heteroatoms. The first kappa shape index (κ1) is 22.8. The molecule has 2 aromatic carbocycles. The Kier molecular flexibility index (Phi) is 8.16. The number of carbonyl (C=O) groups excluding carboxylic acids is 1. The first-order valence-corrected chi connectivity index (χ1v) is 12.3. The van der Waals surface area contributed by atoms with Crippen LogP contribution >= 0.6 is 0 Å². The molecule has 0 unspecified atom stereocenters. The molecule has 4 nitrogen and oxygen atoms in total. The molecule has 1 N–H and O–H groups in total. The smallest absolute Gasteiger partial charge is 0.165 e. The third kappa shape index (κ3) is 6.32. The number of hydrogen-bond acceptors (Lipinski definition) is 4. The SMILES string of the molecule is O=C(CCCN1CCN(c2ccccc2)CC1)c1ccc(NC2CCCCCC2)cc1F. The normalized spacial score (nSPS) is 18.3. The second-order valence-electron chi connectivity index (χ2n) is 9.22. The van der Waals surface area contributed by atoms with Gasteiger partial charge in [-0.15, -0.1) is 0 Å². The molecular weight excluding hydrogens is 401 g/mol. The van der Waals surface area contributed by atoms with Crippen molar-refractivity contribution < 1.29 is 9.18 Å². The molecule has 172 valence electrons. The number of anilines is 2. The zero-order valence-electron chi connectivity index (χ0n) is 19.1. The summed E-state index contributed by atoms with van der Waals surface area (Å²) in [6.45, 7) is 4.89. The second kappa shape index (κ2) is 11.5. The van der Waals surface area contributed by atoms with Gasteiger partial charge in [0, 0.05) is 50.0 Å². The van der Waals surface area contributed by atoms with E-state index in [2.05, 4.69) is 39.4 Å². The minimum absolute atomic E-state index is 0.0913. The second-order valence-corrected chi connectivity index (χ2v) is 9.22. The van der Waals surface area contributed by atoms with E-state index in [4.69, 9.17) is 0 Å². The summed E-state index contributed by atoms with van der Waals surface area (Å²) >= 11 is 0. The van der Waals surface area contributed by atoms with Crippen molar-refractivity contribution in [2.24, 2.45) is 0 Å². The van der Waals surface area contributed by atoms with Crippen molar-refractivity contribution in [2.45, 2.75) is 57.4 Å². The van der Waals surface area contributed by atoms with Crippen molar-refractivity contribution >= 4 is 17.2 Å². The van der Waals surface area contributed by atoms with E-state index in [1.807, 2.05) is 12.1 Å². The molecule has 2 fully saturated rings. The van der Waals surface area contributed by atoms with Gasteiger partial charge in [-0.25, -0.2) is 4.39 Å². The average molecular weight is 438 g/mol. The van der Waals surface area contributed by atoms with E-state index < -0.39 is 5.82 Å². The van der Waals surface area contributed by atoms with Crippen molar-refractivity contribution in [3.05, 3.63) is 59.9 Å². The monoisotopic (exact) mass is 437 g/mol. The van der Waals surface area contributed by atoms with Crippen LogP contribution in [-0.4, -0.2) is 49.4 Å². The number of rotatable bonds is 8. The predicted octanol–water partition coefficient (Wildman–Crippen LogP) is 5.75. The third-order valence-electron chi connectivity index (χ3n) is 6.87. The van der Waals surface area contributed by atoms with Crippen LogP contribution in [0, 0.1) is 5.82 Å². The Hall–Kier alpha value is -2.40. The van der Waals surface area contributed by atoms with Gasteiger partial charge < -0.3 is 10.2 Å². The Balaban J connectivity index is 1.20. The standard InChI is InChI=1S/C27H36FN3O/c28-26-21-23(29-22-9-4-1-2-5-10-22)14-15-25(26)27(32)13-8-16-30-17-19-31(20-18-30)24-11-6-3-7-12-24/h3,6-7,11-12,14-15,21-22,29H,1-2,4-5,8-10,13,16-20H2. The molecule has 1 saturated heterocycles. The number of carbonyl (C=O) groups is 1. The highest BCUT2D eigenvalue weighted by Crippen LogP contribution is 2.23. The number of Topliss-reactive ketones (excluding diaryl/α,β-unsaturated/α-hetero) is 1. The molecule has 2 aliphatic rings. The highest BCUT2D eigenvalue weighted by atomic mass is 19.1. The van der Waals surface area contributed by atoms with Crippen LogP contribution < -0.4 is 10.2 Å². The largest absolute Gasteiger partial charge is 0.382 e. The number of benzene rings is 2. The summed E-state index contributed by atoms with van der Waals surface area (Å²) in [6.07, 6.45) is 8.50. The van der Waals surface area contributed by atoms with Gasteiger partial charge in [-0.3, -0.25) is 9.69 Å². The van der Waals surface area contributed by atoms with Gasteiger partial charge in [-0.2, -0.15) is 0 Å². The highest BCUT2D eigenvalue weighted by Gasteiger charge is 2.18. The summed E-state index contributed by atoms with van der Waals surface area (Å²) in [5, 5.41) is 3.47. The first-order chi connectivity index (χ1) is 15.7. The van der Waals surface area contributed by atoms with E-state index in [1.165, 1.54) is 37.4 Å². The van der Waals surface area contributed by atoms with E-state index >= 15 is 0 Å². The van der Waals surface area contributed by atoms with Gasteiger partial charge in [0.05, 0.1) is 5.56 Å². The summed E-state index contributed by atoms with van der Waals surface area (Å²) in [6, 6.07) is 15.9. The fourth-order valence-corrected chi connectivity index (χ4v) is 4.96. The molecule has 0 atom stereocenters. The van der Waals surface area contributed by atoms with Crippen LogP contribution in [0.5, 0.6) is 0 Å². The molecule has 4 rings (SSSR count). The Bertz CT molecular complexity index is 856. The zero-order chi connectivity index (χ0) is 22.2. The van der Waals surface area contributed by atoms with Crippen molar-refractivity contribution in [1.29, 1.82) is 0 Å². The fraction of sp³-hybridized carbons (Fsp3) is 0.519. The Morgan fingerprint density at radius 2 is 1.66 bits per heavy atom. The van der Waals surface area contributed by atoms with Gasteiger partial charge in [0.15, 0.2) is 5.78 Å². The average Bonchev–Trinajstić information content (AvgIpc) is 3.09. The number of halogens is 1. The fourth-order valence-electron chi connectivity index (χ4n) is 4.96. The number of nitrogens with zero attached hydrogens (tertiary/aromatic N) is 2. The number of para-hydroxylation sites is 1. The molecule has 1 heterocycles. The summed E-state index contributed by atoms with van der Waals surface area (Å²) in [5.41, 5.74) is 2.29. The van der Waals surface area contributed by atoms with Crippen LogP contribution in [0.4, 0.5) is 15.8 Å². The summed E-state index contributed by atoms with van der Waals surface area (Å²) in [7, 11) is 0. The zero-order valence-corrected chi connectivity index (χ0v) is 19.1. The van der Waals surface area contributed by atoms with Crippen molar-refractivity contribution in [3.8, 4) is 0 Å². The minimum atomic E-state index is -0.398. The van der Waals surface area contributed by atoms with E-state index in [-0.39, 0.29) is 11.3 Å². The van der Waals surface area contributed by atoms with Crippen LogP contribution in [0.1, 0.15) is 61.7 Å². The Labute approximate surface area is 191 Å². The maximum Gasteiger partial charge on any atom is 0.165 e. The van der Waals surface area contributed by atoms with Crippen LogP contribution in [0.3, 0.4) is 0 Å². The maximum absolute atomic E-state index is 14.6. The molecule has 0 amide bonds. The molecule has 1 saturated carbocycles. The van der Waals surface area contributed by atoms with E-state index in [9.17, 15) is 9.18 Å². The molecular formula is C27H36FN3O. The molecule has 2 aromatic rings. The van der Waals surface area contributed by atoms with Gasteiger partial charge in [-0.05, 0) is 56.1 Å². The molecule has 0 bridgehead atoms. The molecule has 32 heavy (non-hydrogen) atoms. The maximum atomic E-state index is 14.6. The molecule has 1 aliphatic carbocycles. The predicted molar refractivity (Wildman–Crippen MR) is 130 cm³/mol. The van der Waals surface area contributed by atoms with Crippen LogP contribution in [0.25, 0.3) is 0 Å². The highest BCUT2D eigenvalue weighted by molar-refractivity contribution is 5.96. The topological polar surface area (TPSA) is 35.6 Å². The van der Waals surface area contributed by atoms with Gasteiger partial charge in [-0.1, -0.05) is 43.9 Å². The molecule has 0 aromatic heterocycles. The van der Waals surface area contributed by atoms with E-state index in [0.717, 1.165) is 57.7 Å². The van der Waals surface area contributed by atoms with Crippen molar-refractivity contribution in [1.82, 2.24) is 4.90 Å². The first-order valence-electron chi connectivity index (χ1n) is 12.3. The van der Waals surface area contributed by atoms with Gasteiger partial charge in [0.1, 0.15) is 5.82 Å². The van der Waals surface area contributed by atoms with E-state index in [1.54, 1.807) is 6.07 Å². The Morgan fingerprint density at radius 3 is 2.34 bits per heavy atom. The summed E-state index contributed by atoms with van der Waals surface area (Å²) in [5.74, 6) is -0.489. The quantitative estimate of drug-likeness (QED) is 0.422. The van der Waals surface area contributed by atoms with Gasteiger partial charge >= 0.3 is 0 Å². The lowest BCUT2D eigenvalue weighted by molar-refractivity contribution is 0.0970. The van der Waals surface area contributed by atoms with Crippen LogP contribution in [0.15, 0.2) is 48.5 Å². The number of ketones is 1. The molecule has 0 spiro atoms. The van der Waals surface area contributed by atoms with Crippen LogP contribution in [-0.2, 0) is 0 Å². The van der Waals surface area contributed by atoms with Gasteiger partial charge in [0.25, 0.3) is 0 Å². The van der Waals surface area contributed by atoms with Crippen molar-refractivity contribution in [2.75, 3.05) is 42.9 Å². The lowest BCUT2D eigenvalue weighted by Gasteiger charge is -2.36. The lowest BCUT2D eigenvalue weighted by atomic mass is 10.0. The third-order valence-corrected chi connectivity index (χ3v) is 6.87. The number of piperazine rings is 1. The van der Waals surface area contributed by atoms with E-state index in [0.29, 0.717) is 12.5 Å². The van der Waals surface area contributed by atoms with Crippen LogP contribution in [0.2, 0.25) is 0 Å². The number of hydrogen-bond donors (Lipinski definition) is 1. The van der Waals surface area contributed by atoms with Gasteiger partial charge in [0.2, 0.25) is 0 Å². The number of nitrogens with one attached hydrogen (secondary N) is 1.